The average molecular weight is 347 g/mol. The standard InChI is InChI=1S/C18H25N3O2S/c1-4-11-21(12-5-2)18(23)14-6-8-15(9-7-14)20-17(22)16(19)10-13-24-3/h4-9,16H,1-2,10-13,19H2,3H3,(H,20,22)/t16-/m0/s1. The van der Waals surface area contributed by atoms with Gasteiger partial charge in [0.15, 0.2) is 0 Å². The number of hydrogen-bond acceptors (Lipinski definition) is 4. The van der Waals surface area contributed by atoms with E-state index in [1.807, 2.05) is 6.26 Å². The Labute approximate surface area is 148 Å². The summed E-state index contributed by atoms with van der Waals surface area (Å²) in [6, 6.07) is 6.24. The first kappa shape index (κ1) is 20.0. The van der Waals surface area contributed by atoms with Crippen LogP contribution in [0.25, 0.3) is 0 Å². The number of carbonyl (C=O) groups is 2. The summed E-state index contributed by atoms with van der Waals surface area (Å²) < 4.78 is 0. The molecular formula is C18H25N3O2S. The van der Waals surface area contributed by atoms with E-state index >= 15 is 0 Å². The normalized spacial score (nSPS) is 11.4. The quantitative estimate of drug-likeness (QED) is 0.638. The van der Waals surface area contributed by atoms with Crippen LogP contribution in [-0.4, -0.2) is 47.9 Å². The fraction of sp³-hybridized carbons (Fsp3) is 0.333. The molecule has 0 heterocycles. The Hall–Kier alpha value is -2.05. The minimum Gasteiger partial charge on any atom is -0.331 e. The van der Waals surface area contributed by atoms with Gasteiger partial charge in [0.1, 0.15) is 0 Å². The Morgan fingerprint density at radius 1 is 1.25 bits per heavy atom. The van der Waals surface area contributed by atoms with Crippen LogP contribution >= 0.6 is 11.8 Å². The van der Waals surface area contributed by atoms with Gasteiger partial charge in [0.25, 0.3) is 5.91 Å². The lowest BCUT2D eigenvalue weighted by molar-refractivity contribution is -0.117. The zero-order valence-corrected chi connectivity index (χ0v) is 14.8. The molecule has 24 heavy (non-hydrogen) atoms. The predicted molar refractivity (Wildman–Crippen MR) is 102 cm³/mol. The molecule has 0 saturated heterocycles. The number of nitrogens with two attached hydrogens (primary N) is 1. The number of anilines is 1. The van der Waals surface area contributed by atoms with E-state index in [0.717, 1.165) is 5.75 Å². The number of thioether (sulfide) groups is 1. The summed E-state index contributed by atoms with van der Waals surface area (Å²) in [5.41, 5.74) is 7.00. The van der Waals surface area contributed by atoms with Gasteiger partial charge in [-0.2, -0.15) is 11.8 Å². The van der Waals surface area contributed by atoms with E-state index in [1.165, 1.54) is 0 Å². The van der Waals surface area contributed by atoms with E-state index < -0.39 is 6.04 Å². The molecule has 1 aromatic rings. The molecule has 1 rings (SSSR count). The van der Waals surface area contributed by atoms with Gasteiger partial charge in [-0.15, -0.1) is 13.2 Å². The summed E-state index contributed by atoms with van der Waals surface area (Å²) in [5.74, 6) is 0.511. The smallest absolute Gasteiger partial charge is 0.254 e. The second-order valence-electron chi connectivity index (χ2n) is 5.24. The molecule has 0 aliphatic heterocycles. The molecule has 1 aromatic carbocycles. The van der Waals surface area contributed by atoms with E-state index in [9.17, 15) is 9.59 Å². The van der Waals surface area contributed by atoms with Crippen LogP contribution in [0.2, 0.25) is 0 Å². The molecule has 0 unspecified atom stereocenters. The molecule has 5 nitrogen and oxygen atoms in total. The maximum atomic E-state index is 12.4. The molecule has 0 spiro atoms. The fourth-order valence-electron chi connectivity index (χ4n) is 2.04. The van der Waals surface area contributed by atoms with Gasteiger partial charge in [0.2, 0.25) is 5.91 Å². The third kappa shape index (κ3) is 6.22. The van der Waals surface area contributed by atoms with Crippen LogP contribution in [0, 0.1) is 0 Å². The second kappa shape index (κ2) is 10.7. The summed E-state index contributed by atoms with van der Waals surface area (Å²) in [6.45, 7) is 8.21. The summed E-state index contributed by atoms with van der Waals surface area (Å²) in [6.07, 6.45) is 5.95. The van der Waals surface area contributed by atoms with Gasteiger partial charge < -0.3 is 16.0 Å². The number of benzene rings is 1. The molecule has 1 atom stereocenters. The SMILES string of the molecule is C=CCN(CC=C)C(=O)c1ccc(NC(=O)[C@@H](N)CCSC)cc1. The zero-order valence-electron chi connectivity index (χ0n) is 14.0. The van der Waals surface area contributed by atoms with Gasteiger partial charge in [-0.25, -0.2) is 0 Å². The van der Waals surface area contributed by atoms with E-state index in [2.05, 4.69) is 18.5 Å². The topological polar surface area (TPSA) is 75.4 Å². The van der Waals surface area contributed by atoms with Crippen molar-refractivity contribution in [1.29, 1.82) is 0 Å². The van der Waals surface area contributed by atoms with E-state index in [0.29, 0.717) is 30.8 Å². The molecule has 3 N–H and O–H groups in total. The van der Waals surface area contributed by atoms with Crippen LogP contribution in [0.1, 0.15) is 16.8 Å². The molecule has 6 heteroatoms. The molecule has 130 valence electrons. The van der Waals surface area contributed by atoms with Crippen molar-refractivity contribution >= 4 is 29.3 Å². The van der Waals surface area contributed by atoms with Crippen LogP contribution in [0.5, 0.6) is 0 Å². The Kier molecular flexibility index (Phi) is 8.89. The van der Waals surface area contributed by atoms with Gasteiger partial charge in [-0.3, -0.25) is 9.59 Å². The van der Waals surface area contributed by atoms with Gasteiger partial charge >= 0.3 is 0 Å². The summed E-state index contributed by atoms with van der Waals surface area (Å²) in [4.78, 5) is 26.0. The van der Waals surface area contributed by atoms with Crippen molar-refractivity contribution in [2.24, 2.45) is 5.73 Å². The number of nitrogens with one attached hydrogen (secondary N) is 1. The number of nitrogens with zero attached hydrogens (tertiary/aromatic N) is 1. The Morgan fingerprint density at radius 2 is 1.83 bits per heavy atom. The average Bonchev–Trinajstić information content (AvgIpc) is 2.59. The molecule has 0 saturated carbocycles. The van der Waals surface area contributed by atoms with Crippen molar-refractivity contribution in [3.05, 3.63) is 55.1 Å². The fourth-order valence-corrected chi connectivity index (χ4v) is 2.53. The highest BCUT2D eigenvalue weighted by Gasteiger charge is 2.15. The summed E-state index contributed by atoms with van der Waals surface area (Å²) in [5, 5.41) is 2.77. The van der Waals surface area contributed by atoms with E-state index in [-0.39, 0.29) is 11.8 Å². The first-order chi connectivity index (χ1) is 11.5. The molecule has 0 fully saturated rings. The zero-order chi connectivity index (χ0) is 17.9. The van der Waals surface area contributed by atoms with Crippen molar-refractivity contribution in [3.8, 4) is 0 Å². The molecule has 0 aromatic heterocycles. The molecule has 0 aliphatic carbocycles. The van der Waals surface area contributed by atoms with Crippen molar-refractivity contribution in [3.63, 3.8) is 0 Å². The Bertz CT molecular complexity index is 562. The van der Waals surface area contributed by atoms with Crippen LogP contribution < -0.4 is 11.1 Å². The lowest BCUT2D eigenvalue weighted by Gasteiger charge is -2.19. The lowest BCUT2D eigenvalue weighted by atomic mass is 10.1. The van der Waals surface area contributed by atoms with Crippen LogP contribution in [-0.2, 0) is 4.79 Å². The van der Waals surface area contributed by atoms with Gasteiger partial charge in [-0.05, 0) is 42.7 Å². The molecule has 0 radical (unpaired) electrons. The lowest BCUT2D eigenvalue weighted by Crippen LogP contribution is -2.36. The predicted octanol–water partition coefficient (Wildman–Crippen LogP) is 2.52. The van der Waals surface area contributed by atoms with Crippen LogP contribution in [0.15, 0.2) is 49.6 Å². The summed E-state index contributed by atoms with van der Waals surface area (Å²) >= 11 is 1.65. The number of amides is 2. The number of rotatable bonds is 10. The van der Waals surface area contributed by atoms with Gasteiger partial charge in [-0.1, -0.05) is 12.2 Å². The largest absolute Gasteiger partial charge is 0.331 e. The van der Waals surface area contributed by atoms with E-state index in [4.69, 9.17) is 5.73 Å². The third-order valence-corrected chi connectivity index (χ3v) is 4.00. The highest BCUT2D eigenvalue weighted by atomic mass is 32.2. The maximum absolute atomic E-state index is 12.4. The second-order valence-corrected chi connectivity index (χ2v) is 6.23. The summed E-state index contributed by atoms with van der Waals surface area (Å²) in [7, 11) is 0. The van der Waals surface area contributed by atoms with Crippen molar-refractivity contribution < 1.29 is 9.59 Å². The van der Waals surface area contributed by atoms with Crippen molar-refractivity contribution in [2.45, 2.75) is 12.5 Å². The van der Waals surface area contributed by atoms with Gasteiger partial charge in [0, 0.05) is 24.3 Å². The first-order valence-corrected chi connectivity index (χ1v) is 9.09. The molecular weight excluding hydrogens is 322 g/mol. The monoisotopic (exact) mass is 347 g/mol. The third-order valence-electron chi connectivity index (χ3n) is 3.36. The van der Waals surface area contributed by atoms with Crippen molar-refractivity contribution in [2.75, 3.05) is 30.4 Å². The van der Waals surface area contributed by atoms with Crippen LogP contribution in [0.3, 0.4) is 0 Å². The maximum Gasteiger partial charge on any atom is 0.254 e. The van der Waals surface area contributed by atoms with Crippen molar-refractivity contribution in [1.82, 2.24) is 4.90 Å². The highest BCUT2D eigenvalue weighted by molar-refractivity contribution is 7.98. The minimum absolute atomic E-state index is 0.107. The Balaban J connectivity index is 2.70. The van der Waals surface area contributed by atoms with E-state index in [1.54, 1.807) is 53.1 Å². The van der Waals surface area contributed by atoms with Gasteiger partial charge in [0.05, 0.1) is 6.04 Å². The number of hydrogen-bond donors (Lipinski definition) is 2. The highest BCUT2D eigenvalue weighted by Crippen LogP contribution is 2.13. The molecule has 0 bridgehead atoms. The number of carbonyl (C=O) groups excluding carboxylic acids is 2. The molecule has 2 amide bonds. The van der Waals surface area contributed by atoms with Crippen LogP contribution in [0.4, 0.5) is 5.69 Å². The first-order valence-electron chi connectivity index (χ1n) is 7.70. The Morgan fingerprint density at radius 3 is 2.33 bits per heavy atom. The minimum atomic E-state index is -0.533. The molecule has 0 aliphatic rings.